The molecule has 0 spiro atoms. The molecule has 10 rings (SSSR count). The Morgan fingerprint density at radius 1 is 0.418 bits per heavy atom. The summed E-state index contributed by atoms with van der Waals surface area (Å²) in [5, 5.41) is 2.73. The van der Waals surface area contributed by atoms with E-state index in [0.717, 1.165) is 12.8 Å². The molecule has 2 atom stereocenters. The first-order valence-corrected chi connectivity index (χ1v) is 22.4. The van der Waals surface area contributed by atoms with Crippen molar-refractivity contribution in [3.05, 3.63) is 214 Å². The first-order chi connectivity index (χ1) is 27.0. The molecule has 268 valence electrons. The van der Waals surface area contributed by atoms with Crippen LogP contribution in [0.2, 0.25) is 0 Å². The van der Waals surface area contributed by atoms with Crippen molar-refractivity contribution in [1.82, 2.24) is 9.13 Å². The van der Waals surface area contributed by atoms with Gasteiger partial charge in [-0.25, -0.2) is 0 Å². The molecule has 2 aliphatic carbocycles. The molecular formula is C52H46N2Zr. The Hall–Kier alpha value is -5.24. The molecule has 0 aliphatic heterocycles. The third-order valence-corrected chi connectivity index (χ3v) is 16.5. The van der Waals surface area contributed by atoms with E-state index in [0.29, 0.717) is 7.25 Å². The summed E-state index contributed by atoms with van der Waals surface area (Å²) >= 11 is -1.16. The average Bonchev–Trinajstić information content (AvgIpc) is 3.93. The second-order valence-electron chi connectivity index (χ2n) is 15.0. The van der Waals surface area contributed by atoms with Gasteiger partial charge >= 0.3 is 254 Å². The number of para-hydroxylation sites is 2. The molecule has 0 saturated carbocycles. The zero-order valence-corrected chi connectivity index (χ0v) is 34.6. The van der Waals surface area contributed by atoms with Crippen LogP contribution >= 0.6 is 0 Å². The van der Waals surface area contributed by atoms with Crippen molar-refractivity contribution in [3.8, 4) is 0 Å². The van der Waals surface area contributed by atoms with Crippen LogP contribution in [-0.2, 0) is 36.1 Å². The standard InChI is InChI=1S/2C19H16N.C14H14.Zr/c2*1-13-14(2)20(19-10-6-5-9-18(13)19)17-11-15-7-3-4-8-16(15)12-17;1-3-7-13(8-4-1)11-12-14-9-5-2-6-10-14;/h2*3-12H,1-2H3;1-10H,11-12H2;. The molecule has 2 aromatic heterocycles. The van der Waals surface area contributed by atoms with Crippen molar-refractivity contribution in [2.24, 2.45) is 0 Å². The van der Waals surface area contributed by atoms with Gasteiger partial charge in [0.2, 0.25) is 0 Å². The summed E-state index contributed by atoms with van der Waals surface area (Å²) in [5.74, 6) is 0. The number of benzene rings is 6. The van der Waals surface area contributed by atoms with Crippen LogP contribution in [0, 0.1) is 27.7 Å². The van der Waals surface area contributed by atoms with Gasteiger partial charge in [0, 0.05) is 0 Å². The maximum absolute atomic E-state index is 2.58. The molecule has 3 heteroatoms. The molecular weight excluding hydrogens is 744 g/mol. The van der Waals surface area contributed by atoms with Crippen molar-refractivity contribution in [2.75, 3.05) is 0 Å². The zero-order chi connectivity index (χ0) is 37.5. The van der Waals surface area contributed by atoms with E-state index < -0.39 is 23.2 Å². The molecule has 6 aromatic carbocycles. The third kappa shape index (κ3) is 6.53. The summed E-state index contributed by atoms with van der Waals surface area (Å²) in [7, 11) is 0. The van der Waals surface area contributed by atoms with Crippen LogP contribution in [0.3, 0.4) is 0 Å². The van der Waals surface area contributed by atoms with Gasteiger partial charge in [0.15, 0.2) is 0 Å². The summed E-state index contributed by atoms with van der Waals surface area (Å²) in [6.07, 6.45) is 7.24. The number of aryl methyl sites for hydroxylation is 4. The summed E-state index contributed by atoms with van der Waals surface area (Å²) in [4.78, 5) is 0. The fourth-order valence-corrected chi connectivity index (χ4v) is 13.7. The van der Waals surface area contributed by atoms with Gasteiger partial charge in [0.05, 0.1) is 0 Å². The molecule has 0 radical (unpaired) electrons. The molecule has 0 bridgehead atoms. The number of nitrogens with zero attached hydrogens (tertiary/aromatic N) is 2. The minimum absolute atomic E-state index is 0.450. The third-order valence-electron chi connectivity index (χ3n) is 11.9. The van der Waals surface area contributed by atoms with Crippen LogP contribution in [0.4, 0.5) is 0 Å². The fourth-order valence-electron chi connectivity index (χ4n) is 8.82. The number of aromatic nitrogens is 2. The normalized spacial score (nSPS) is 15.6. The van der Waals surface area contributed by atoms with Gasteiger partial charge in [0.25, 0.3) is 0 Å². The van der Waals surface area contributed by atoms with Gasteiger partial charge < -0.3 is 0 Å². The number of fused-ring (bicyclic) bond motifs is 4. The van der Waals surface area contributed by atoms with E-state index in [-0.39, 0.29) is 0 Å². The predicted octanol–water partition coefficient (Wildman–Crippen LogP) is 13.2. The van der Waals surface area contributed by atoms with Gasteiger partial charge in [-0.3, -0.25) is 0 Å². The zero-order valence-electron chi connectivity index (χ0n) is 32.1. The first-order valence-electron chi connectivity index (χ1n) is 19.6. The van der Waals surface area contributed by atoms with E-state index in [1.807, 2.05) is 0 Å². The van der Waals surface area contributed by atoms with Gasteiger partial charge in [0.1, 0.15) is 0 Å². The van der Waals surface area contributed by atoms with Crippen LogP contribution in [0.15, 0.2) is 158 Å². The quantitative estimate of drug-likeness (QED) is 0.152. The molecule has 2 heterocycles. The molecule has 2 aliphatic rings. The van der Waals surface area contributed by atoms with Crippen molar-refractivity contribution in [3.63, 3.8) is 0 Å². The SMILES string of the molecule is Cc1c(C)n(C2=Cc3ccccc3[CH]2[Zr][CH]2C(n3c(C)c(C)c4ccccc43)=Cc3ccccc32)c2ccccc12.c1ccc(CCc2ccccc2)cc1. The fraction of sp³-hybridized carbons (Fsp3) is 0.154. The molecule has 2 nitrogen and oxygen atoms in total. The number of hydrogen-bond donors (Lipinski definition) is 0. The van der Waals surface area contributed by atoms with Gasteiger partial charge in [-0.2, -0.15) is 0 Å². The number of allylic oxidation sites excluding steroid dienone is 2. The summed E-state index contributed by atoms with van der Waals surface area (Å²) in [5.41, 5.74) is 19.7. The van der Waals surface area contributed by atoms with E-state index in [9.17, 15) is 0 Å². The topological polar surface area (TPSA) is 9.86 Å². The Labute approximate surface area is 337 Å². The van der Waals surface area contributed by atoms with Crippen LogP contribution in [-0.4, -0.2) is 9.13 Å². The Kier molecular flexibility index (Phi) is 9.75. The van der Waals surface area contributed by atoms with Gasteiger partial charge in [-0.1, -0.05) is 60.7 Å². The first kappa shape index (κ1) is 35.5. The minimum atomic E-state index is -1.16. The van der Waals surface area contributed by atoms with E-state index >= 15 is 0 Å². The van der Waals surface area contributed by atoms with Gasteiger partial charge in [-0.05, 0) is 24.0 Å². The van der Waals surface area contributed by atoms with Crippen LogP contribution in [0.5, 0.6) is 0 Å². The molecule has 0 amide bonds. The molecule has 55 heavy (non-hydrogen) atoms. The van der Waals surface area contributed by atoms with Crippen LogP contribution < -0.4 is 0 Å². The van der Waals surface area contributed by atoms with Crippen LogP contribution in [0.1, 0.15) is 63.1 Å². The molecule has 0 saturated heterocycles. The maximum Gasteiger partial charge on any atom is -0.0238 e. The predicted molar refractivity (Wildman–Crippen MR) is 230 cm³/mol. The molecule has 2 unspecified atom stereocenters. The number of hydrogen-bond acceptors (Lipinski definition) is 0. The van der Waals surface area contributed by atoms with Crippen molar-refractivity contribution >= 4 is 45.4 Å². The smallest absolute Gasteiger partial charge is 0.0238 e. The van der Waals surface area contributed by atoms with Gasteiger partial charge in [-0.15, -0.1) is 0 Å². The Balaban J connectivity index is 0.000000239. The Bertz CT molecular complexity index is 2540. The average molecular weight is 790 g/mol. The summed E-state index contributed by atoms with van der Waals surface area (Å²) in [6, 6.07) is 57.4. The molecule has 0 fully saturated rings. The Morgan fingerprint density at radius 2 is 0.782 bits per heavy atom. The maximum atomic E-state index is 2.58. The Morgan fingerprint density at radius 3 is 1.22 bits per heavy atom. The minimum Gasteiger partial charge on any atom is -0.0622 e. The molecule has 8 aromatic rings. The van der Waals surface area contributed by atoms with E-state index in [1.165, 1.54) is 89.1 Å². The van der Waals surface area contributed by atoms with E-state index in [2.05, 4.69) is 207 Å². The summed E-state index contributed by atoms with van der Waals surface area (Å²) < 4.78 is 6.07. The second-order valence-corrected chi connectivity index (χ2v) is 18.7. The molecule has 0 N–H and O–H groups in total. The largest absolute Gasteiger partial charge is 0.0622 e. The number of rotatable bonds is 7. The second kappa shape index (κ2) is 15.1. The summed E-state index contributed by atoms with van der Waals surface area (Å²) in [6.45, 7) is 9.16. The van der Waals surface area contributed by atoms with E-state index in [4.69, 9.17) is 0 Å². The van der Waals surface area contributed by atoms with Crippen molar-refractivity contribution in [2.45, 2.75) is 47.8 Å². The van der Waals surface area contributed by atoms with Crippen molar-refractivity contribution < 1.29 is 23.2 Å². The van der Waals surface area contributed by atoms with Crippen LogP contribution in [0.25, 0.3) is 45.4 Å². The van der Waals surface area contributed by atoms with E-state index in [1.54, 1.807) is 0 Å². The van der Waals surface area contributed by atoms with Crippen molar-refractivity contribution in [1.29, 1.82) is 0 Å². The monoisotopic (exact) mass is 788 g/mol.